The number of hydrogen-bond donors (Lipinski definition) is 3. The quantitative estimate of drug-likeness (QED) is 0.537. The van der Waals surface area contributed by atoms with Crippen LogP contribution in [0.3, 0.4) is 0 Å². The Balaban J connectivity index is 1.79. The van der Waals surface area contributed by atoms with Gasteiger partial charge in [0.1, 0.15) is 12.1 Å². The number of fused-ring (bicyclic) bond motifs is 1. The molecule has 0 bridgehead atoms. The lowest BCUT2D eigenvalue weighted by molar-refractivity contribution is -0.130. The number of benzene rings is 3. The summed E-state index contributed by atoms with van der Waals surface area (Å²) in [6.45, 7) is 1.35. The number of carbonyl (C=O) groups is 3. The lowest BCUT2D eigenvalue weighted by Gasteiger charge is -2.22. The van der Waals surface area contributed by atoms with E-state index < -0.39 is 23.9 Å². The first-order valence-corrected chi connectivity index (χ1v) is 9.81. The first-order valence-electron chi connectivity index (χ1n) is 9.81. The van der Waals surface area contributed by atoms with E-state index in [0.717, 1.165) is 21.9 Å². The van der Waals surface area contributed by atoms with Crippen molar-refractivity contribution in [2.45, 2.75) is 31.8 Å². The van der Waals surface area contributed by atoms with Gasteiger partial charge in [0, 0.05) is 19.8 Å². The van der Waals surface area contributed by atoms with Crippen LogP contribution in [0.5, 0.6) is 0 Å². The van der Waals surface area contributed by atoms with Crippen LogP contribution in [0, 0.1) is 0 Å². The highest BCUT2D eigenvalue weighted by molar-refractivity contribution is 5.92. The first kappa shape index (κ1) is 21.0. The Morgan fingerprint density at radius 3 is 2.17 bits per heavy atom. The number of nitrogens with two attached hydrogens (primary N) is 1. The second kappa shape index (κ2) is 9.69. The zero-order valence-corrected chi connectivity index (χ0v) is 16.8. The van der Waals surface area contributed by atoms with Gasteiger partial charge in [-0.05, 0) is 21.9 Å². The Labute approximate surface area is 175 Å². The van der Waals surface area contributed by atoms with Crippen molar-refractivity contribution in [2.75, 3.05) is 0 Å². The molecule has 3 aromatic rings. The third kappa shape index (κ3) is 5.44. The van der Waals surface area contributed by atoms with E-state index in [1.165, 1.54) is 6.92 Å². The van der Waals surface area contributed by atoms with Gasteiger partial charge in [-0.15, -0.1) is 0 Å². The molecule has 0 heterocycles. The van der Waals surface area contributed by atoms with Crippen LogP contribution in [-0.2, 0) is 27.2 Å². The third-order valence-corrected chi connectivity index (χ3v) is 4.94. The van der Waals surface area contributed by atoms with Crippen molar-refractivity contribution in [3.05, 3.63) is 83.9 Å². The minimum absolute atomic E-state index is 0.264. The van der Waals surface area contributed by atoms with Crippen molar-refractivity contribution in [2.24, 2.45) is 5.73 Å². The smallest absolute Gasteiger partial charge is 0.243 e. The second-order valence-corrected chi connectivity index (χ2v) is 7.25. The number of nitrogens with one attached hydrogen (secondary N) is 2. The SMILES string of the molecule is CC(=O)N[C@H](Cc1ccccc1)C(=O)N[C@H](Cc1cccc2ccccc12)C(N)=O. The molecule has 0 aromatic heterocycles. The Kier molecular flexibility index (Phi) is 6.80. The molecule has 0 spiro atoms. The van der Waals surface area contributed by atoms with Crippen LogP contribution in [0.4, 0.5) is 0 Å². The summed E-state index contributed by atoms with van der Waals surface area (Å²) in [5, 5.41) is 7.44. The van der Waals surface area contributed by atoms with Gasteiger partial charge in [-0.2, -0.15) is 0 Å². The molecular weight excluding hydrogens is 378 g/mol. The molecule has 0 saturated carbocycles. The van der Waals surface area contributed by atoms with Crippen molar-refractivity contribution in [1.82, 2.24) is 10.6 Å². The maximum Gasteiger partial charge on any atom is 0.243 e. The molecule has 0 aliphatic heterocycles. The average Bonchev–Trinajstić information content (AvgIpc) is 2.73. The van der Waals surface area contributed by atoms with Crippen LogP contribution in [0.15, 0.2) is 72.8 Å². The topological polar surface area (TPSA) is 101 Å². The molecule has 4 N–H and O–H groups in total. The standard InChI is InChI=1S/C24H25N3O3/c1-16(28)26-22(14-17-8-3-2-4-9-17)24(30)27-21(23(25)29)15-19-12-7-11-18-10-5-6-13-20(18)19/h2-13,21-22H,14-15H2,1H3,(H2,25,29)(H,26,28)(H,27,30)/t21-,22-/m1/s1. The van der Waals surface area contributed by atoms with Gasteiger partial charge in [-0.1, -0.05) is 72.8 Å². The van der Waals surface area contributed by atoms with E-state index in [2.05, 4.69) is 10.6 Å². The summed E-state index contributed by atoms with van der Waals surface area (Å²) >= 11 is 0. The van der Waals surface area contributed by atoms with Crippen LogP contribution in [0.2, 0.25) is 0 Å². The lowest BCUT2D eigenvalue weighted by Crippen LogP contribution is -2.54. The van der Waals surface area contributed by atoms with E-state index in [0.29, 0.717) is 6.42 Å². The van der Waals surface area contributed by atoms with Crippen molar-refractivity contribution >= 4 is 28.5 Å². The van der Waals surface area contributed by atoms with E-state index >= 15 is 0 Å². The maximum atomic E-state index is 12.9. The molecule has 3 aromatic carbocycles. The monoisotopic (exact) mass is 403 g/mol. The molecule has 0 aliphatic carbocycles. The highest BCUT2D eigenvalue weighted by atomic mass is 16.2. The molecule has 30 heavy (non-hydrogen) atoms. The maximum absolute atomic E-state index is 12.9. The molecular formula is C24H25N3O3. The number of amides is 3. The summed E-state index contributed by atoms with van der Waals surface area (Å²) in [4.78, 5) is 36.6. The zero-order valence-electron chi connectivity index (χ0n) is 16.8. The van der Waals surface area contributed by atoms with Crippen molar-refractivity contribution in [3.8, 4) is 0 Å². The Hall–Kier alpha value is -3.67. The van der Waals surface area contributed by atoms with Gasteiger partial charge in [0.05, 0.1) is 0 Å². The molecule has 0 radical (unpaired) electrons. The molecule has 3 amide bonds. The summed E-state index contributed by atoms with van der Waals surface area (Å²) in [7, 11) is 0. The summed E-state index contributed by atoms with van der Waals surface area (Å²) in [5.74, 6) is -1.40. The van der Waals surface area contributed by atoms with E-state index in [-0.39, 0.29) is 12.3 Å². The molecule has 154 valence electrons. The van der Waals surface area contributed by atoms with Crippen molar-refractivity contribution < 1.29 is 14.4 Å². The van der Waals surface area contributed by atoms with E-state index in [9.17, 15) is 14.4 Å². The molecule has 2 atom stereocenters. The predicted molar refractivity (Wildman–Crippen MR) is 117 cm³/mol. The minimum atomic E-state index is -0.893. The van der Waals surface area contributed by atoms with E-state index in [1.807, 2.05) is 72.8 Å². The summed E-state index contributed by atoms with van der Waals surface area (Å²) < 4.78 is 0. The normalized spacial score (nSPS) is 12.7. The molecule has 0 unspecified atom stereocenters. The lowest BCUT2D eigenvalue weighted by atomic mass is 9.98. The van der Waals surface area contributed by atoms with Gasteiger partial charge in [0.2, 0.25) is 17.7 Å². The number of carbonyl (C=O) groups excluding carboxylic acids is 3. The van der Waals surface area contributed by atoms with Gasteiger partial charge in [-0.25, -0.2) is 0 Å². The van der Waals surface area contributed by atoms with Crippen LogP contribution in [-0.4, -0.2) is 29.8 Å². The zero-order chi connectivity index (χ0) is 21.5. The molecule has 6 nitrogen and oxygen atoms in total. The molecule has 3 rings (SSSR count). The van der Waals surface area contributed by atoms with Crippen LogP contribution in [0.1, 0.15) is 18.1 Å². The van der Waals surface area contributed by atoms with Crippen LogP contribution < -0.4 is 16.4 Å². The van der Waals surface area contributed by atoms with Gasteiger partial charge < -0.3 is 16.4 Å². The van der Waals surface area contributed by atoms with Gasteiger partial charge in [0.15, 0.2) is 0 Å². The Morgan fingerprint density at radius 2 is 1.47 bits per heavy atom. The summed E-state index contributed by atoms with van der Waals surface area (Å²) in [5.41, 5.74) is 7.40. The minimum Gasteiger partial charge on any atom is -0.368 e. The third-order valence-electron chi connectivity index (χ3n) is 4.94. The van der Waals surface area contributed by atoms with Crippen molar-refractivity contribution in [1.29, 1.82) is 0 Å². The van der Waals surface area contributed by atoms with Gasteiger partial charge >= 0.3 is 0 Å². The molecule has 0 fully saturated rings. The molecule has 0 saturated heterocycles. The largest absolute Gasteiger partial charge is 0.368 e. The summed E-state index contributed by atoms with van der Waals surface area (Å²) in [6, 6.07) is 21.3. The highest BCUT2D eigenvalue weighted by Gasteiger charge is 2.25. The van der Waals surface area contributed by atoms with Gasteiger partial charge in [0.25, 0.3) is 0 Å². The fourth-order valence-electron chi connectivity index (χ4n) is 3.49. The Bertz CT molecular complexity index is 1040. The average molecular weight is 403 g/mol. The number of hydrogen-bond acceptors (Lipinski definition) is 3. The fourth-order valence-corrected chi connectivity index (χ4v) is 3.49. The second-order valence-electron chi connectivity index (χ2n) is 7.25. The van der Waals surface area contributed by atoms with Crippen LogP contribution in [0.25, 0.3) is 10.8 Å². The predicted octanol–water partition coefficient (Wildman–Crippen LogP) is 2.10. The van der Waals surface area contributed by atoms with Crippen molar-refractivity contribution in [3.63, 3.8) is 0 Å². The number of primary amides is 1. The molecule has 0 aliphatic rings. The summed E-state index contributed by atoms with van der Waals surface area (Å²) in [6.07, 6.45) is 0.576. The number of rotatable bonds is 8. The van der Waals surface area contributed by atoms with E-state index in [1.54, 1.807) is 0 Å². The molecule has 6 heteroatoms. The van der Waals surface area contributed by atoms with E-state index in [4.69, 9.17) is 5.73 Å². The van der Waals surface area contributed by atoms with Gasteiger partial charge in [-0.3, -0.25) is 14.4 Å². The Morgan fingerprint density at radius 1 is 0.800 bits per heavy atom. The first-order chi connectivity index (χ1) is 14.4. The fraction of sp³-hybridized carbons (Fsp3) is 0.208. The van der Waals surface area contributed by atoms with Crippen LogP contribution >= 0.6 is 0 Å². The highest BCUT2D eigenvalue weighted by Crippen LogP contribution is 2.20.